The van der Waals surface area contributed by atoms with Gasteiger partial charge in [-0.25, -0.2) is 13.1 Å². The fraction of sp³-hybridized carbons (Fsp3) is 0.538. The molecule has 0 aliphatic rings. The van der Waals surface area contributed by atoms with Crippen LogP contribution in [0, 0.1) is 0 Å². The molecule has 1 rings (SSSR count). The van der Waals surface area contributed by atoms with Gasteiger partial charge in [0.15, 0.2) is 0 Å². The highest BCUT2D eigenvalue weighted by Crippen LogP contribution is 2.15. The van der Waals surface area contributed by atoms with Crippen molar-refractivity contribution in [3.8, 4) is 0 Å². The van der Waals surface area contributed by atoms with Gasteiger partial charge < -0.3 is 5.32 Å². The van der Waals surface area contributed by atoms with Crippen LogP contribution in [0.15, 0.2) is 29.2 Å². The van der Waals surface area contributed by atoms with Gasteiger partial charge >= 0.3 is 0 Å². The van der Waals surface area contributed by atoms with Gasteiger partial charge in [0.05, 0.1) is 4.90 Å². The molecule has 0 heterocycles. The molecule has 0 atom stereocenters. The van der Waals surface area contributed by atoms with Gasteiger partial charge in [-0.05, 0) is 25.5 Å². The lowest BCUT2D eigenvalue weighted by molar-refractivity contribution is 0.560. The third kappa shape index (κ3) is 4.40. The summed E-state index contributed by atoms with van der Waals surface area (Å²) < 4.78 is 26.9. The quantitative estimate of drug-likeness (QED) is 0.829. The molecule has 0 aliphatic carbocycles. The molecule has 0 saturated carbocycles. The molecule has 4 nitrogen and oxygen atoms in total. The maximum Gasteiger partial charge on any atom is 0.241 e. The number of nitrogens with one attached hydrogen (secondary N) is 2. The monoisotopic (exact) mass is 270 g/mol. The summed E-state index contributed by atoms with van der Waals surface area (Å²) in [7, 11) is -3.43. The summed E-state index contributed by atoms with van der Waals surface area (Å²) in [6.45, 7) is 8.23. The average Bonchev–Trinajstić information content (AvgIpc) is 2.25. The van der Waals surface area contributed by atoms with Crippen molar-refractivity contribution >= 4 is 10.0 Å². The summed E-state index contributed by atoms with van der Waals surface area (Å²) in [6, 6.07) is 7.28. The van der Waals surface area contributed by atoms with Crippen LogP contribution >= 0.6 is 0 Å². The van der Waals surface area contributed by atoms with Crippen LogP contribution in [0.1, 0.15) is 33.3 Å². The molecule has 5 heteroatoms. The van der Waals surface area contributed by atoms with Crippen molar-refractivity contribution in [3.05, 3.63) is 29.8 Å². The molecule has 0 saturated heterocycles. The minimum Gasteiger partial charge on any atom is -0.310 e. The zero-order valence-electron chi connectivity index (χ0n) is 11.4. The van der Waals surface area contributed by atoms with Crippen LogP contribution in [0.25, 0.3) is 0 Å². The molecule has 2 N–H and O–H groups in total. The fourth-order valence-electron chi connectivity index (χ4n) is 1.60. The van der Waals surface area contributed by atoms with Crippen molar-refractivity contribution in [1.82, 2.24) is 10.0 Å². The van der Waals surface area contributed by atoms with Crippen LogP contribution in [0.5, 0.6) is 0 Å². The summed E-state index contributed by atoms with van der Waals surface area (Å²) in [5, 5.41) is 3.24. The number of sulfonamides is 1. The van der Waals surface area contributed by atoms with Crippen molar-refractivity contribution in [1.29, 1.82) is 0 Å². The number of benzene rings is 1. The maximum absolute atomic E-state index is 12.2. The molecule has 0 bridgehead atoms. The Hall–Kier alpha value is -0.910. The highest BCUT2D eigenvalue weighted by Gasteiger charge is 2.18. The van der Waals surface area contributed by atoms with Gasteiger partial charge in [0.2, 0.25) is 10.0 Å². The second-order valence-corrected chi connectivity index (χ2v) is 6.60. The Morgan fingerprint density at radius 3 is 2.22 bits per heavy atom. The molecule has 102 valence electrons. The van der Waals surface area contributed by atoms with Gasteiger partial charge in [-0.3, -0.25) is 0 Å². The van der Waals surface area contributed by atoms with Gasteiger partial charge in [0.25, 0.3) is 0 Å². The normalized spacial score (nSPS) is 12.3. The minimum atomic E-state index is -3.43. The third-order valence-corrected chi connectivity index (χ3v) is 4.11. The molecule has 0 unspecified atom stereocenters. The summed E-state index contributed by atoms with van der Waals surface area (Å²) in [6.07, 6.45) is 0. The molecule has 1 aromatic rings. The summed E-state index contributed by atoms with van der Waals surface area (Å²) in [4.78, 5) is 0.354. The van der Waals surface area contributed by atoms with E-state index >= 15 is 0 Å². The Balaban J connectivity index is 3.01. The van der Waals surface area contributed by atoms with Gasteiger partial charge in [0, 0.05) is 18.6 Å². The van der Waals surface area contributed by atoms with E-state index < -0.39 is 10.0 Å². The van der Waals surface area contributed by atoms with Crippen LogP contribution < -0.4 is 10.0 Å². The number of rotatable bonds is 6. The van der Waals surface area contributed by atoms with Gasteiger partial charge in [-0.2, -0.15) is 0 Å². The van der Waals surface area contributed by atoms with Crippen molar-refractivity contribution in [3.63, 3.8) is 0 Å². The Bertz CT molecular complexity index is 482. The molecule has 0 amide bonds. The Labute approximate surface area is 110 Å². The molecular weight excluding hydrogens is 248 g/mol. The molecule has 0 aromatic heterocycles. The Morgan fingerprint density at radius 1 is 1.06 bits per heavy atom. The summed E-state index contributed by atoms with van der Waals surface area (Å²) >= 11 is 0. The average molecular weight is 270 g/mol. The first-order valence-electron chi connectivity index (χ1n) is 6.16. The van der Waals surface area contributed by atoms with E-state index in [0.29, 0.717) is 17.5 Å². The predicted octanol–water partition coefficient (Wildman–Crippen LogP) is 1.87. The summed E-state index contributed by atoms with van der Waals surface area (Å²) in [5.41, 5.74) is 0.791. The molecule has 0 radical (unpaired) electrons. The molecule has 0 spiro atoms. The molecular formula is C13H22N2O2S. The topological polar surface area (TPSA) is 58.2 Å². The van der Waals surface area contributed by atoms with E-state index in [4.69, 9.17) is 0 Å². The second kappa shape index (κ2) is 6.31. The van der Waals surface area contributed by atoms with E-state index in [-0.39, 0.29) is 6.04 Å². The number of hydrogen-bond acceptors (Lipinski definition) is 3. The Kier molecular flexibility index (Phi) is 5.31. The largest absolute Gasteiger partial charge is 0.310 e. The van der Waals surface area contributed by atoms with Gasteiger partial charge in [-0.1, -0.05) is 32.0 Å². The predicted molar refractivity (Wildman–Crippen MR) is 73.9 cm³/mol. The summed E-state index contributed by atoms with van der Waals surface area (Å²) in [5.74, 6) is 0. The van der Waals surface area contributed by atoms with E-state index in [1.54, 1.807) is 12.1 Å². The zero-order chi connectivity index (χ0) is 13.8. The van der Waals surface area contributed by atoms with Crippen molar-refractivity contribution < 1.29 is 8.42 Å². The number of hydrogen-bond donors (Lipinski definition) is 2. The first-order valence-corrected chi connectivity index (χ1v) is 7.65. The van der Waals surface area contributed by atoms with Crippen molar-refractivity contribution in [2.75, 3.05) is 0 Å². The van der Waals surface area contributed by atoms with Crippen molar-refractivity contribution in [2.24, 2.45) is 0 Å². The first-order chi connectivity index (χ1) is 8.33. The molecule has 0 fully saturated rings. The third-order valence-electron chi connectivity index (χ3n) is 2.35. The highest BCUT2D eigenvalue weighted by molar-refractivity contribution is 7.89. The second-order valence-electron chi connectivity index (χ2n) is 4.92. The highest BCUT2D eigenvalue weighted by atomic mass is 32.2. The molecule has 0 aliphatic heterocycles. The van der Waals surface area contributed by atoms with Crippen LogP contribution in [0.4, 0.5) is 0 Å². The first kappa shape index (κ1) is 15.1. The maximum atomic E-state index is 12.2. The van der Waals surface area contributed by atoms with Crippen LogP contribution in [0.2, 0.25) is 0 Å². The Morgan fingerprint density at radius 2 is 1.67 bits per heavy atom. The van der Waals surface area contributed by atoms with E-state index in [0.717, 1.165) is 5.56 Å². The fourth-order valence-corrected chi connectivity index (χ4v) is 3.09. The van der Waals surface area contributed by atoms with Crippen molar-refractivity contribution in [2.45, 2.75) is 51.2 Å². The van der Waals surface area contributed by atoms with Crippen LogP contribution in [-0.2, 0) is 16.6 Å². The van der Waals surface area contributed by atoms with E-state index in [1.165, 1.54) is 0 Å². The SMILES string of the molecule is CC(C)NCc1ccccc1S(=O)(=O)NC(C)C. The zero-order valence-corrected chi connectivity index (χ0v) is 12.2. The minimum absolute atomic E-state index is 0.110. The van der Waals surface area contributed by atoms with E-state index in [9.17, 15) is 8.42 Å². The lowest BCUT2D eigenvalue weighted by Crippen LogP contribution is -2.32. The smallest absolute Gasteiger partial charge is 0.241 e. The standard InChI is InChI=1S/C13H22N2O2S/c1-10(2)14-9-12-7-5-6-8-13(12)18(16,17)15-11(3)4/h5-8,10-11,14-15H,9H2,1-4H3. The van der Waals surface area contributed by atoms with Gasteiger partial charge in [-0.15, -0.1) is 0 Å². The van der Waals surface area contributed by atoms with Crippen LogP contribution in [0.3, 0.4) is 0 Å². The molecule has 18 heavy (non-hydrogen) atoms. The lowest BCUT2D eigenvalue weighted by Gasteiger charge is -2.15. The molecule has 1 aromatic carbocycles. The lowest BCUT2D eigenvalue weighted by atomic mass is 10.2. The van der Waals surface area contributed by atoms with E-state index in [1.807, 2.05) is 39.8 Å². The van der Waals surface area contributed by atoms with E-state index in [2.05, 4.69) is 10.0 Å². The van der Waals surface area contributed by atoms with Gasteiger partial charge in [0.1, 0.15) is 0 Å². The van der Waals surface area contributed by atoms with Crippen LogP contribution in [-0.4, -0.2) is 20.5 Å².